The minimum absolute atomic E-state index is 0.0801. The second-order valence-corrected chi connectivity index (χ2v) is 11.6. The number of para-hydroxylation sites is 1. The molecule has 0 unspecified atom stereocenters. The summed E-state index contributed by atoms with van der Waals surface area (Å²) in [6.07, 6.45) is 3.31. The monoisotopic (exact) mass is 405 g/mol. The number of benzene rings is 1. The lowest BCUT2D eigenvalue weighted by Gasteiger charge is -2.44. The molecule has 0 amide bonds. The molecule has 156 valence electrons. The van der Waals surface area contributed by atoms with Gasteiger partial charge in [0.2, 0.25) is 10.0 Å². The van der Waals surface area contributed by atoms with E-state index < -0.39 is 10.0 Å². The Morgan fingerprint density at radius 1 is 1.14 bits per heavy atom. The largest absolute Gasteiger partial charge is 0.369 e. The molecule has 0 radical (unpaired) electrons. The second-order valence-electron chi connectivity index (χ2n) is 9.62. The van der Waals surface area contributed by atoms with Crippen LogP contribution in [-0.4, -0.2) is 57.7 Å². The lowest BCUT2D eigenvalue weighted by molar-refractivity contribution is 0.126. The van der Waals surface area contributed by atoms with Gasteiger partial charge in [0.15, 0.2) is 0 Å². The Hall–Kier alpha value is -1.11. The van der Waals surface area contributed by atoms with Crippen molar-refractivity contribution in [1.82, 2.24) is 9.62 Å². The topological polar surface area (TPSA) is 52.7 Å². The number of aryl methyl sites for hydroxylation is 1. The van der Waals surface area contributed by atoms with E-state index in [4.69, 9.17) is 0 Å². The van der Waals surface area contributed by atoms with Crippen LogP contribution in [0.1, 0.15) is 38.7 Å². The molecule has 5 nitrogen and oxygen atoms in total. The van der Waals surface area contributed by atoms with E-state index in [0.717, 1.165) is 25.9 Å². The number of nitrogens with one attached hydrogen (secondary N) is 1. The number of piperazine rings is 1. The predicted molar refractivity (Wildman–Crippen MR) is 115 cm³/mol. The Bertz CT molecular complexity index is 830. The smallest absolute Gasteiger partial charge is 0.214 e. The maximum absolute atomic E-state index is 13.5. The molecule has 2 bridgehead atoms. The van der Waals surface area contributed by atoms with E-state index in [9.17, 15) is 8.42 Å². The normalized spacial score (nSPS) is 32.8. The number of hydrogen-bond acceptors (Lipinski definition) is 4. The maximum Gasteiger partial charge on any atom is 0.214 e. The average molecular weight is 406 g/mol. The third-order valence-corrected chi connectivity index (χ3v) is 10.3. The highest BCUT2D eigenvalue weighted by atomic mass is 32.2. The number of anilines is 1. The van der Waals surface area contributed by atoms with E-state index in [-0.39, 0.29) is 10.8 Å². The van der Waals surface area contributed by atoms with Gasteiger partial charge in [-0.3, -0.25) is 0 Å². The molecule has 3 aliphatic rings. The molecule has 1 aromatic rings. The molecular formula is C22H35N3O2S. The van der Waals surface area contributed by atoms with Crippen LogP contribution in [0.25, 0.3) is 0 Å². The third-order valence-electron chi connectivity index (χ3n) is 8.31. The summed E-state index contributed by atoms with van der Waals surface area (Å²) in [7, 11) is -1.28. The fourth-order valence-electron chi connectivity index (χ4n) is 6.36. The van der Waals surface area contributed by atoms with Crippen molar-refractivity contribution in [3.8, 4) is 0 Å². The van der Waals surface area contributed by atoms with Crippen molar-refractivity contribution in [2.45, 2.75) is 46.1 Å². The number of hydrogen-bond donors (Lipinski definition) is 1. The number of fused-ring (bicyclic) bond motifs is 2. The highest BCUT2D eigenvalue weighted by molar-refractivity contribution is 7.89. The minimum Gasteiger partial charge on any atom is -0.369 e. The van der Waals surface area contributed by atoms with Gasteiger partial charge in [0.05, 0.1) is 5.75 Å². The van der Waals surface area contributed by atoms with Crippen LogP contribution >= 0.6 is 0 Å². The van der Waals surface area contributed by atoms with E-state index >= 15 is 0 Å². The summed E-state index contributed by atoms with van der Waals surface area (Å²) in [6.45, 7) is 9.41. The van der Waals surface area contributed by atoms with E-state index in [1.54, 1.807) is 4.31 Å². The first kappa shape index (κ1) is 20.2. The van der Waals surface area contributed by atoms with Gasteiger partial charge in [-0.05, 0) is 56.2 Å². The molecule has 1 heterocycles. The Morgan fingerprint density at radius 3 is 2.43 bits per heavy atom. The molecule has 1 aromatic carbocycles. The summed E-state index contributed by atoms with van der Waals surface area (Å²) in [6, 6.07) is 8.67. The van der Waals surface area contributed by atoms with Crippen molar-refractivity contribution in [2.75, 3.05) is 43.9 Å². The van der Waals surface area contributed by atoms with Gasteiger partial charge in [-0.1, -0.05) is 32.0 Å². The highest BCUT2D eigenvalue weighted by Crippen LogP contribution is 2.66. The van der Waals surface area contributed by atoms with Gasteiger partial charge < -0.3 is 10.2 Å². The van der Waals surface area contributed by atoms with Crippen LogP contribution in [0.5, 0.6) is 0 Å². The van der Waals surface area contributed by atoms with Crippen LogP contribution in [0.4, 0.5) is 5.69 Å². The van der Waals surface area contributed by atoms with Gasteiger partial charge in [0, 0.05) is 43.3 Å². The molecule has 2 saturated carbocycles. The quantitative estimate of drug-likeness (QED) is 0.818. The molecule has 1 saturated heterocycles. The Kier molecular flexibility index (Phi) is 5.04. The molecular weight excluding hydrogens is 370 g/mol. The van der Waals surface area contributed by atoms with Gasteiger partial charge in [-0.25, -0.2) is 8.42 Å². The Labute approximate surface area is 170 Å². The minimum atomic E-state index is -3.27. The van der Waals surface area contributed by atoms with Crippen molar-refractivity contribution < 1.29 is 8.42 Å². The van der Waals surface area contributed by atoms with E-state index in [0.29, 0.717) is 30.8 Å². The van der Waals surface area contributed by atoms with Crippen LogP contribution in [0, 0.1) is 23.7 Å². The molecule has 6 heteroatoms. The van der Waals surface area contributed by atoms with Crippen molar-refractivity contribution in [3.63, 3.8) is 0 Å². The zero-order valence-electron chi connectivity index (χ0n) is 17.7. The lowest BCUT2D eigenvalue weighted by atomic mass is 9.69. The molecule has 0 spiro atoms. The van der Waals surface area contributed by atoms with Gasteiger partial charge in [0.25, 0.3) is 0 Å². The first-order valence-electron chi connectivity index (χ1n) is 10.7. The fraction of sp³-hybridized carbons (Fsp3) is 0.727. The van der Waals surface area contributed by atoms with Crippen LogP contribution in [0.3, 0.4) is 0 Å². The summed E-state index contributed by atoms with van der Waals surface area (Å²) >= 11 is 0. The van der Waals surface area contributed by atoms with E-state index in [1.165, 1.54) is 17.7 Å². The van der Waals surface area contributed by atoms with Crippen LogP contribution in [-0.2, 0) is 10.0 Å². The van der Waals surface area contributed by atoms with Crippen molar-refractivity contribution >= 4 is 15.7 Å². The molecule has 3 atom stereocenters. The summed E-state index contributed by atoms with van der Waals surface area (Å²) in [5, 5.41) is 3.46. The molecule has 4 rings (SSSR count). The van der Waals surface area contributed by atoms with Crippen LogP contribution in [0.2, 0.25) is 0 Å². The van der Waals surface area contributed by atoms with E-state index in [1.807, 2.05) is 7.05 Å². The second kappa shape index (κ2) is 6.99. The van der Waals surface area contributed by atoms with Crippen LogP contribution < -0.4 is 10.2 Å². The SMILES string of the molecule is CN[C@@H]1C[C@@H]2CC[C@@]1(CS(=O)(=O)N1CCN(c3ccccc3C)CC1)C2(C)C. The fourth-order valence-corrected chi connectivity index (χ4v) is 8.63. The first-order valence-corrected chi connectivity index (χ1v) is 12.3. The summed E-state index contributed by atoms with van der Waals surface area (Å²) in [4.78, 5) is 2.32. The number of sulfonamides is 1. The molecule has 0 aromatic heterocycles. The highest BCUT2D eigenvalue weighted by Gasteiger charge is 2.65. The number of rotatable bonds is 5. The standard InChI is InChI=1S/C22H35N3O2S/c1-17-7-5-6-8-19(17)24-11-13-25(14-12-24)28(26,27)16-22-10-9-18(21(22,2)3)15-20(22)23-4/h5-8,18,20,23H,9-16H2,1-4H3/t18-,20+,22-/m0/s1. The summed E-state index contributed by atoms with van der Waals surface area (Å²) in [5.41, 5.74) is 2.41. The molecule has 1 N–H and O–H groups in total. The third kappa shape index (κ3) is 2.99. The Morgan fingerprint density at radius 2 is 1.82 bits per heavy atom. The first-order chi connectivity index (χ1) is 13.2. The molecule has 3 fully saturated rings. The van der Waals surface area contributed by atoms with Gasteiger partial charge in [0.1, 0.15) is 0 Å². The maximum atomic E-state index is 13.5. The van der Waals surface area contributed by atoms with Gasteiger partial charge in [-0.15, -0.1) is 0 Å². The number of nitrogens with zero attached hydrogens (tertiary/aromatic N) is 2. The van der Waals surface area contributed by atoms with E-state index in [2.05, 4.69) is 55.3 Å². The van der Waals surface area contributed by atoms with Gasteiger partial charge in [-0.2, -0.15) is 4.31 Å². The van der Waals surface area contributed by atoms with Crippen molar-refractivity contribution in [1.29, 1.82) is 0 Å². The van der Waals surface area contributed by atoms with Crippen molar-refractivity contribution in [2.24, 2.45) is 16.7 Å². The summed E-state index contributed by atoms with van der Waals surface area (Å²) < 4.78 is 28.7. The predicted octanol–water partition coefficient (Wildman–Crippen LogP) is 2.86. The zero-order chi connectivity index (χ0) is 20.2. The Balaban J connectivity index is 1.49. The van der Waals surface area contributed by atoms with Crippen LogP contribution in [0.15, 0.2) is 24.3 Å². The lowest BCUT2D eigenvalue weighted by Crippen LogP contribution is -2.55. The average Bonchev–Trinajstić information content (AvgIpc) is 3.02. The summed E-state index contributed by atoms with van der Waals surface area (Å²) in [5.74, 6) is 0.928. The van der Waals surface area contributed by atoms with Gasteiger partial charge >= 0.3 is 0 Å². The molecule has 28 heavy (non-hydrogen) atoms. The zero-order valence-corrected chi connectivity index (χ0v) is 18.6. The molecule has 2 aliphatic carbocycles. The molecule has 1 aliphatic heterocycles. The van der Waals surface area contributed by atoms with Crippen molar-refractivity contribution in [3.05, 3.63) is 29.8 Å².